The summed E-state index contributed by atoms with van der Waals surface area (Å²) in [5.41, 5.74) is 4.82. The Morgan fingerprint density at radius 3 is 2.40 bits per heavy atom. The molecule has 0 bridgehead atoms. The summed E-state index contributed by atoms with van der Waals surface area (Å²) in [6.45, 7) is 17.6. The van der Waals surface area contributed by atoms with Crippen LogP contribution in [0, 0.1) is 5.92 Å². The van der Waals surface area contributed by atoms with E-state index in [0.717, 1.165) is 27.7 Å². The first kappa shape index (κ1) is 63.3. The Morgan fingerprint density at radius 1 is 1.01 bits per heavy atom. The highest BCUT2D eigenvalue weighted by atomic mass is 35.5. The van der Waals surface area contributed by atoms with Crippen LogP contribution in [0.15, 0.2) is 66.3 Å². The molecular formula is C58H86ClN7O12. The van der Waals surface area contributed by atoms with Crippen LogP contribution in [-0.4, -0.2) is 152 Å². The number of allylic oxidation sites excluding steroid dienone is 3. The van der Waals surface area contributed by atoms with Crippen molar-refractivity contribution in [1.29, 1.82) is 0 Å². The van der Waals surface area contributed by atoms with E-state index in [9.17, 15) is 29.1 Å². The number of hydrogen-bond acceptors (Lipinski definition) is 14. The van der Waals surface area contributed by atoms with Gasteiger partial charge in [0.25, 0.3) is 0 Å². The number of epoxide rings is 1. The number of hydrazine groups is 1. The Labute approximate surface area is 466 Å². The maximum absolute atomic E-state index is 13.8. The van der Waals surface area contributed by atoms with Crippen molar-refractivity contribution in [2.24, 2.45) is 5.92 Å². The van der Waals surface area contributed by atoms with Gasteiger partial charge in [-0.25, -0.2) is 14.6 Å². The topological polar surface area (TPSA) is 215 Å². The number of methoxy groups -OCH3 is 1. The van der Waals surface area contributed by atoms with E-state index in [4.69, 9.17) is 40.0 Å². The molecule has 0 saturated carbocycles. The van der Waals surface area contributed by atoms with E-state index in [1.54, 1.807) is 26.1 Å². The molecule has 432 valence electrons. The van der Waals surface area contributed by atoms with Gasteiger partial charge in [0.2, 0.25) is 17.7 Å². The summed E-state index contributed by atoms with van der Waals surface area (Å²) < 4.78 is 36.7. The van der Waals surface area contributed by atoms with Gasteiger partial charge in [-0.3, -0.25) is 25.1 Å². The van der Waals surface area contributed by atoms with Crippen LogP contribution in [0.1, 0.15) is 112 Å². The molecule has 1 unspecified atom stereocenters. The van der Waals surface area contributed by atoms with E-state index >= 15 is 0 Å². The molecule has 4 amide bonds. The summed E-state index contributed by atoms with van der Waals surface area (Å²) in [4.78, 5) is 68.5. The smallest absolute Gasteiger partial charge is 0.409 e. The first-order valence-electron chi connectivity index (χ1n) is 27.0. The molecule has 2 aliphatic heterocycles. The van der Waals surface area contributed by atoms with Gasteiger partial charge in [0.15, 0.2) is 0 Å². The van der Waals surface area contributed by atoms with Gasteiger partial charge in [-0.2, -0.15) is 0 Å². The number of nitrogens with one attached hydrogen (secondary N) is 3. The number of anilines is 1. The monoisotopic (exact) mass is 1110 g/mol. The summed E-state index contributed by atoms with van der Waals surface area (Å²) >= 11 is 6.77. The number of alkyl carbamates (subject to hydrolysis) is 1. The highest BCUT2D eigenvalue weighted by Gasteiger charge is 2.45. The van der Waals surface area contributed by atoms with Gasteiger partial charge in [-0.05, 0) is 103 Å². The molecule has 0 radical (unpaired) electrons. The number of esters is 1. The van der Waals surface area contributed by atoms with E-state index in [-0.39, 0.29) is 67.1 Å². The number of carbonyl (C=O) groups excluding carboxylic acids is 5. The second-order valence-corrected chi connectivity index (χ2v) is 22.3. The molecule has 78 heavy (non-hydrogen) atoms. The zero-order chi connectivity index (χ0) is 57.5. The molecule has 4 N–H and O–H groups in total. The Bertz CT molecular complexity index is 2600. The number of aliphatic hydroxyl groups is 1. The van der Waals surface area contributed by atoms with Crippen LogP contribution >= 0.6 is 11.6 Å². The lowest BCUT2D eigenvalue weighted by Gasteiger charge is -2.38. The lowest BCUT2D eigenvalue weighted by molar-refractivity contribution is -0.159. The number of ether oxygens (including phenoxy) is 6. The number of fused-ring (bicyclic) bond motifs is 1. The molecule has 3 aromatic rings. The van der Waals surface area contributed by atoms with Crippen molar-refractivity contribution in [1.82, 2.24) is 30.5 Å². The largest absolute Gasteiger partial charge is 0.495 e. The van der Waals surface area contributed by atoms with Gasteiger partial charge < -0.3 is 53.2 Å². The van der Waals surface area contributed by atoms with Crippen LogP contribution in [0.5, 0.6) is 5.75 Å². The van der Waals surface area contributed by atoms with Crippen molar-refractivity contribution in [3.63, 3.8) is 0 Å². The maximum atomic E-state index is 13.8. The van der Waals surface area contributed by atoms with Gasteiger partial charge in [0.05, 0.1) is 69.3 Å². The minimum atomic E-state index is -1.45. The van der Waals surface area contributed by atoms with Gasteiger partial charge in [0, 0.05) is 70.6 Å². The van der Waals surface area contributed by atoms with E-state index in [0.29, 0.717) is 70.0 Å². The van der Waals surface area contributed by atoms with Crippen molar-refractivity contribution in [3.05, 3.63) is 82.5 Å². The van der Waals surface area contributed by atoms with E-state index < -0.39 is 47.2 Å². The number of benzene rings is 2. The van der Waals surface area contributed by atoms with Gasteiger partial charge in [-0.1, -0.05) is 67.4 Å². The number of nitrogens with zero attached hydrogens (tertiary/aromatic N) is 4. The number of likely N-dealkylation sites (N-methyl/N-ethyl adjacent to an activating group) is 1. The fourth-order valence-electron chi connectivity index (χ4n) is 9.08. The van der Waals surface area contributed by atoms with Crippen LogP contribution in [0.2, 0.25) is 5.02 Å². The number of halogens is 1. The number of hydrogen-bond donors (Lipinski definition) is 4. The standard InChI is InChI=1S/C58H86ClN7O12/c1-14-44(33-52(69)65(12)46-30-41(31-47(73-13)53(46)59)29-38(2)19-17-18-24-58(72)34-48(78-55(71)62-58)39(3)49-36-74-49)77-54(70)40(4)64(11)51(68)23-27-75-56(5,6)25-28-76-57(7,8)37-61-50(67)22-26-66-43(35-63(10)60-9)32-42-20-15-16-21-45(42)66/h15-21,30-32,39-40,44,48-49,60,72H,14,22-29,33-37H2,1-13H3,(H,61,67)(H,62,71)/b18-17+,38-19+/t39-,40+,44-,48+,49?,58-/m1/s1. The van der Waals surface area contributed by atoms with E-state index in [1.165, 1.54) is 24.0 Å². The molecule has 2 aromatic carbocycles. The predicted molar refractivity (Wildman–Crippen MR) is 301 cm³/mol. The molecule has 5 rings (SSSR count). The van der Waals surface area contributed by atoms with Crippen LogP contribution in [0.3, 0.4) is 0 Å². The third-order valence-corrected chi connectivity index (χ3v) is 14.9. The first-order valence-corrected chi connectivity index (χ1v) is 27.4. The Balaban J connectivity index is 1.03. The summed E-state index contributed by atoms with van der Waals surface area (Å²) in [6, 6.07) is 13.0. The second-order valence-electron chi connectivity index (χ2n) is 22.0. The number of carbonyl (C=O) groups is 5. The number of para-hydroxylation sites is 1. The molecule has 6 atom stereocenters. The van der Waals surface area contributed by atoms with Crippen LogP contribution in [0.25, 0.3) is 10.9 Å². The van der Waals surface area contributed by atoms with Gasteiger partial charge in [-0.15, -0.1) is 0 Å². The minimum Gasteiger partial charge on any atom is -0.495 e. The van der Waals surface area contributed by atoms with Crippen molar-refractivity contribution in [2.75, 3.05) is 66.6 Å². The average molecular weight is 1110 g/mol. The lowest BCUT2D eigenvalue weighted by Crippen LogP contribution is -2.57. The first-order chi connectivity index (χ1) is 36.8. The van der Waals surface area contributed by atoms with Crippen molar-refractivity contribution < 1.29 is 57.5 Å². The van der Waals surface area contributed by atoms with Gasteiger partial charge >= 0.3 is 12.1 Å². The minimum absolute atomic E-state index is 0.0243. The average Bonchev–Trinajstić information content (AvgIpc) is 4.21. The quantitative estimate of drug-likeness (QED) is 0.0211. The number of amides is 4. The number of aromatic nitrogens is 1. The highest BCUT2D eigenvalue weighted by Crippen LogP contribution is 2.37. The molecule has 19 nitrogen and oxygen atoms in total. The van der Waals surface area contributed by atoms with Crippen molar-refractivity contribution in [3.8, 4) is 5.75 Å². The van der Waals surface area contributed by atoms with E-state index in [1.807, 2.05) is 97.9 Å². The Morgan fingerprint density at radius 2 is 1.72 bits per heavy atom. The SMILES string of the molecule is CC[C@H](CC(=O)N(C)c1cc(C/C(C)=C/C=C/C[C@@]2(O)C[C@@H]([C@@H](C)C3CO3)OC(=O)N2)cc(OC)c1Cl)OC(=O)[C@H](C)N(C)C(=O)CCOC(C)(C)CCOC(C)(C)CNC(=O)CCn1c(CN(C)NC)cc2ccccc21. The fraction of sp³-hybridized carbons (Fsp3) is 0.603. The summed E-state index contributed by atoms with van der Waals surface area (Å²) in [5, 5.41) is 20.1. The van der Waals surface area contributed by atoms with Crippen molar-refractivity contribution in [2.45, 2.75) is 161 Å². The third-order valence-electron chi connectivity index (χ3n) is 14.6. The Hall–Kier alpha value is -5.54. The van der Waals surface area contributed by atoms with Crippen LogP contribution in [-0.2, 0) is 62.4 Å². The van der Waals surface area contributed by atoms with Gasteiger partial charge in [0.1, 0.15) is 34.7 Å². The van der Waals surface area contributed by atoms with Crippen molar-refractivity contribution >= 4 is 58.0 Å². The molecular weight excluding hydrogens is 1020 g/mol. The highest BCUT2D eigenvalue weighted by molar-refractivity contribution is 6.35. The zero-order valence-corrected chi connectivity index (χ0v) is 48.9. The molecule has 2 fully saturated rings. The molecule has 20 heteroatoms. The Kier molecular flexibility index (Phi) is 23.2. The molecule has 2 saturated heterocycles. The number of cyclic esters (lactones) is 1. The maximum Gasteiger partial charge on any atom is 0.409 e. The predicted octanol–water partition coefficient (Wildman–Crippen LogP) is 7.63. The summed E-state index contributed by atoms with van der Waals surface area (Å²) in [7, 11) is 8.48. The van der Waals surface area contributed by atoms with Crippen LogP contribution in [0.4, 0.5) is 10.5 Å². The molecule has 2 aliphatic rings. The van der Waals surface area contributed by atoms with E-state index in [2.05, 4.69) is 38.8 Å². The number of rotatable bonds is 31. The molecule has 0 aliphatic carbocycles. The lowest BCUT2D eigenvalue weighted by atomic mass is 9.90. The summed E-state index contributed by atoms with van der Waals surface area (Å²) in [5.74, 6) is -1.02. The van der Waals surface area contributed by atoms with Crippen LogP contribution < -0.4 is 25.7 Å². The normalized spacial score (nSPS) is 19.0. The fourth-order valence-corrected chi connectivity index (χ4v) is 9.39. The molecule has 3 heterocycles. The second kappa shape index (κ2) is 28.6. The zero-order valence-electron chi connectivity index (χ0n) is 48.2. The number of aryl methyl sites for hydroxylation is 1. The molecule has 0 spiro atoms. The summed E-state index contributed by atoms with van der Waals surface area (Å²) in [6.07, 6.45) is 5.63. The third kappa shape index (κ3) is 18.8. The molecule has 1 aromatic heterocycles.